The topological polar surface area (TPSA) is 12.0 Å². The molecule has 2 heteroatoms. The van der Waals surface area contributed by atoms with Crippen LogP contribution in [0.5, 0.6) is 0 Å². The van der Waals surface area contributed by atoms with E-state index in [0.29, 0.717) is 0 Å². The van der Waals surface area contributed by atoms with E-state index in [9.17, 15) is 0 Å². The van der Waals surface area contributed by atoms with E-state index < -0.39 is 0 Å². The summed E-state index contributed by atoms with van der Waals surface area (Å²) in [6, 6.07) is 0. The van der Waals surface area contributed by atoms with Gasteiger partial charge in [0.25, 0.3) is 0 Å². The summed E-state index contributed by atoms with van der Waals surface area (Å²) in [6.07, 6.45) is 3.87. The summed E-state index contributed by atoms with van der Waals surface area (Å²) in [5.41, 5.74) is 2.01. The van der Waals surface area contributed by atoms with Gasteiger partial charge in [0, 0.05) is 12.2 Å². The Morgan fingerprint density at radius 1 is 1.75 bits per heavy atom. The van der Waals surface area contributed by atoms with Gasteiger partial charge in [0.05, 0.1) is 0 Å². The van der Waals surface area contributed by atoms with Crippen LogP contribution >= 0.6 is 0 Å². The van der Waals surface area contributed by atoms with Crippen molar-refractivity contribution in [3.63, 3.8) is 0 Å². The third kappa shape index (κ3) is 1.16. The molecule has 1 N–H and O–H groups in total. The minimum absolute atomic E-state index is 0.862. The van der Waals surface area contributed by atoms with Crippen LogP contribution < -0.4 is 5.32 Å². The van der Waals surface area contributed by atoms with Gasteiger partial charge in [-0.1, -0.05) is 17.6 Å². The molecule has 0 spiro atoms. The molecule has 0 saturated carbocycles. The first kappa shape index (κ1) is 5.48. The first-order valence-electron chi connectivity index (χ1n) is 2.67. The van der Waals surface area contributed by atoms with Gasteiger partial charge in [-0.15, -0.1) is 0 Å². The lowest BCUT2D eigenvalue weighted by Gasteiger charge is -2.09. The number of dihydropyridines is 1. The highest BCUT2D eigenvalue weighted by atomic mass is 14.9. The average molecular weight is 105 g/mol. The third-order valence-electron chi connectivity index (χ3n) is 1.10. The van der Waals surface area contributed by atoms with Crippen LogP contribution in [-0.2, 0) is 0 Å². The molecule has 0 aromatic carbocycles. The van der Waals surface area contributed by atoms with Crippen molar-refractivity contribution in [2.75, 3.05) is 6.54 Å². The fraction of sp³-hybridized carbons (Fsp3) is 0.333. The molecule has 1 aliphatic rings. The number of nitrogens with one attached hydrogen (secondary N) is 1. The normalized spacial score (nSPS) is 18.6. The maximum absolute atomic E-state index is 5.47. The van der Waals surface area contributed by atoms with E-state index in [0.717, 1.165) is 17.7 Å². The molecule has 0 atom stereocenters. The molecule has 0 saturated heterocycles. The summed E-state index contributed by atoms with van der Waals surface area (Å²) in [5, 5.41) is 3.12. The van der Waals surface area contributed by atoms with Gasteiger partial charge in [-0.05, 0) is 6.92 Å². The minimum atomic E-state index is 0.862. The van der Waals surface area contributed by atoms with Crippen LogP contribution in [0, 0.1) is 0 Å². The molecule has 0 aromatic heterocycles. The highest BCUT2D eigenvalue weighted by Crippen LogP contribution is 1.99. The van der Waals surface area contributed by atoms with Gasteiger partial charge in [-0.2, -0.15) is 0 Å². The van der Waals surface area contributed by atoms with Gasteiger partial charge in [0.1, 0.15) is 7.85 Å². The summed E-state index contributed by atoms with van der Waals surface area (Å²) in [4.78, 5) is 0. The zero-order valence-corrected chi connectivity index (χ0v) is 4.94. The van der Waals surface area contributed by atoms with Crippen molar-refractivity contribution in [2.24, 2.45) is 0 Å². The van der Waals surface area contributed by atoms with Crippen LogP contribution in [0.2, 0.25) is 0 Å². The molecule has 8 heavy (non-hydrogen) atoms. The predicted octanol–water partition coefficient (Wildman–Crippen LogP) is 0.546. The van der Waals surface area contributed by atoms with E-state index in [2.05, 4.69) is 5.32 Å². The van der Waals surface area contributed by atoms with Crippen molar-refractivity contribution in [1.29, 1.82) is 0 Å². The van der Waals surface area contributed by atoms with Gasteiger partial charge in [0.2, 0.25) is 0 Å². The summed E-state index contributed by atoms with van der Waals surface area (Å²) in [6.45, 7) is 2.87. The molecular weight excluding hydrogens is 96.9 g/mol. The summed E-state index contributed by atoms with van der Waals surface area (Å²) in [7, 11) is 5.47. The molecule has 0 bridgehead atoms. The fourth-order valence-corrected chi connectivity index (χ4v) is 0.690. The van der Waals surface area contributed by atoms with Gasteiger partial charge in [0.15, 0.2) is 0 Å². The van der Waals surface area contributed by atoms with Crippen LogP contribution in [0.15, 0.2) is 23.3 Å². The van der Waals surface area contributed by atoms with Crippen molar-refractivity contribution in [3.05, 3.63) is 23.3 Å². The maximum Gasteiger partial charge on any atom is 0.113 e. The lowest BCUT2D eigenvalue weighted by atomic mass is 9.93. The SMILES string of the molecule is [B]C1=CCNC(C)=C1. The zero-order valence-electron chi connectivity index (χ0n) is 4.94. The molecule has 1 heterocycles. The van der Waals surface area contributed by atoms with Crippen LogP contribution in [0.1, 0.15) is 6.92 Å². The molecule has 1 rings (SSSR count). The molecule has 0 amide bonds. The standard InChI is InChI=1S/C6H8BN/c1-5-4-6(7)2-3-8-5/h2,4,8H,3H2,1H3. The van der Waals surface area contributed by atoms with E-state index >= 15 is 0 Å². The number of rotatable bonds is 0. The third-order valence-corrected chi connectivity index (χ3v) is 1.10. The van der Waals surface area contributed by atoms with Gasteiger partial charge in [-0.25, -0.2) is 0 Å². The minimum Gasteiger partial charge on any atom is -0.385 e. The first-order chi connectivity index (χ1) is 3.79. The van der Waals surface area contributed by atoms with Gasteiger partial charge < -0.3 is 5.32 Å². The number of hydrogen-bond donors (Lipinski definition) is 1. The Bertz CT molecular complexity index is 147. The average Bonchev–Trinajstić information content (AvgIpc) is 1.64. The monoisotopic (exact) mass is 105 g/mol. The van der Waals surface area contributed by atoms with Gasteiger partial charge in [-0.3, -0.25) is 0 Å². The second-order valence-electron chi connectivity index (χ2n) is 1.91. The second kappa shape index (κ2) is 2.08. The highest BCUT2D eigenvalue weighted by molar-refractivity contribution is 6.23. The van der Waals surface area contributed by atoms with E-state index in [1.54, 1.807) is 0 Å². The number of allylic oxidation sites excluding steroid dienone is 3. The molecule has 0 aromatic rings. The molecule has 0 unspecified atom stereocenters. The summed E-state index contributed by atoms with van der Waals surface area (Å²) in [5.74, 6) is 0. The highest BCUT2D eigenvalue weighted by Gasteiger charge is 1.92. The zero-order chi connectivity index (χ0) is 5.98. The Labute approximate surface area is 50.9 Å². The smallest absolute Gasteiger partial charge is 0.113 e. The number of hydrogen-bond acceptors (Lipinski definition) is 1. The molecule has 40 valence electrons. The van der Waals surface area contributed by atoms with Crippen molar-refractivity contribution >= 4 is 7.85 Å². The van der Waals surface area contributed by atoms with Crippen LogP contribution in [0.25, 0.3) is 0 Å². The van der Waals surface area contributed by atoms with Crippen LogP contribution in [0.4, 0.5) is 0 Å². The van der Waals surface area contributed by atoms with Gasteiger partial charge >= 0.3 is 0 Å². The molecule has 0 aliphatic carbocycles. The Morgan fingerprint density at radius 3 is 2.88 bits per heavy atom. The predicted molar refractivity (Wildman–Crippen MR) is 35.6 cm³/mol. The quantitative estimate of drug-likeness (QED) is 0.443. The van der Waals surface area contributed by atoms with Crippen molar-refractivity contribution < 1.29 is 0 Å². The van der Waals surface area contributed by atoms with Crippen LogP contribution in [-0.4, -0.2) is 14.4 Å². The largest absolute Gasteiger partial charge is 0.385 e. The van der Waals surface area contributed by atoms with Crippen LogP contribution in [0.3, 0.4) is 0 Å². The lowest BCUT2D eigenvalue weighted by molar-refractivity contribution is 0.888. The van der Waals surface area contributed by atoms with Crippen molar-refractivity contribution in [3.8, 4) is 0 Å². The Kier molecular flexibility index (Phi) is 1.42. The fourth-order valence-electron chi connectivity index (χ4n) is 0.690. The Balaban J connectivity index is 2.69. The Morgan fingerprint density at radius 2 is 2.50 bits per heavy atom. The van der Waals surface area contributed by atoms with E-state index in [4.69, 9.17) is 7.85 Å². The lowest BCUT2D eigenvalue weighted by Crippen LogP contribution is -2.14. The molecule has 0 fully saturated rings. The summed E-state index contributed by atoms with van der Waals surface area (Å²) < 4.78 is 0. The maximum atomic E-state index is 5.47. The van der Waals surface area contributed by atoms with E-state index in [1.165, 1.54) is 0 Å². The molecule has 1 aliphatic heterocycles. The first-order valence-corrected chi connectivity index (χ1v) is 2.67. The molecular formula is C6H8BN. The van der Waals surface area contributed by atoms with E-state index in [-0.39, 0.29) is 0 Å². The Hall–Kier alpha value is -0.655. The molecule has 1 nitrogen and oxygen atoms in total. The van der Waals surface area contributed by atoms with Crippen molar-refractivity contribution in [2.45, 2.75) is 6.92 Å². The summed E-state index contributed by atoms with van der Waals surface area (Å²) >= 11 is 0. The second-order valence-corrected chi connectivity index (χ2v) is 1.91. The van der Waals surface area contributed by atoms with Crippen molar-refractivity contribution in [1.82, 2.24) is 5.32 Å². The van der Waals surface area contributed by atoms with E-state index in [1.807, 2.05) is 19.1 Å². The molecule has 2 radical (unpaired) electrons.